The number of esters is 1. The van der Waals surface area contributed by atoms with Crippen molar-refractivity contribution >= 4 is 11.9 Å². The first-order chi connectivity index (χ1) is 10.6. The minimum atomic E-state index is -1.00. The van der Waals surface area contributed by atoms with Crippen LogP contribution in [-0.4, -0.2) is 17.0 Å². The monoisotopic (exact) mass is 298 g/mol. The van der Waals surface area contributed by atoms with Crippen LogP contribution in [-0.2, 0) is 27.4 Å². The number of ether oxygens (including phenoxy) is 1. The van der Waals surface area contributed by atoms with Gasteiger partial charge >= 0.3 is 11.9 Å². The largest absolute Gasteiger partial charge is 0.481 e. The Morgan fingerprint density at radius 3 is 2.00 bits per heavy atom. The third-order valence-electron chi connectivity index (χ3n) is 3.30. The van der Waals surface area contributed by atoms with E-state index in [0.29, 0.717) is 6.42 Å². The van der Waals surface area contributed by atoms with E-state index in [1.807, 2.05) is 60.7 Å². The number of carbonyl (C=O) groups is 2. The third-order valence-corrected chi connectivity index (χ3v) is 3.30. The van der Waals surface area contributed by atoms with E-state index in [-0.39, 0.29) is 13.0 Å². The molecular weight excluding hydrogens is 280 g/mol. The van der Waals surface area contributed by atoms with Crippen LogP contribution in [0.25, 0.3) is 0 Å². The van der Waals surface area contributed by atoms with Gasteiger partial charge < -0.3 is 9.84 Å². The molecule has 2 rings (SSSR count). The Morgan fingerprint density at radius 1 is 0.909 bits per heavy atom. The number of benzene rings is 2. The first-order valence-electron chi connectivity index (χ1n) is 7.11. The molecule has 0 radical (unpaired) electrons. The SMILES string of the molecule is O=C(O)C[C@H](Cc1ccccc1)C(=O)OCc1ccccc1. The average Bonchev–Trinajstić information content (AvgIpc) is 2.53. The minimum absolute atomic E-state index is 0.157. The molecule has 1 N–H and O–H groups in total. The summed E-state index contributed by atoms with van der Waals surface area (Å²) in [6.45, 7) is 0.157. The Kier molecular flexibility index (Phi) is 5.72. The summed E-state index contributed by atoms with van der Waals surface area (Å²) in [5.74, 6) is -2.16. The van der Waals surface area contributed by atoms with Gasteiger partial charge in [-0.3, -0.25) is 9.59 Å². The highest BCUT2D eigenvalue weighted by Crippen LogP contribution is 2.15. The lowest BCUT2D eigenvalue weighted by atomic mass is 9.96. The fourth-order valence-electron chi connectivity index (χ4n) is 2.19. The summed E-state index contributed by atoms with van der Waals surface area (Å²) in [5, 5.41) is 8.99. The van der Waals surface area contributed by atoms with Gasteiger partial charge in [0, 0.05) is 0 Å². The molecular formula is C18H18O4. The van der Waals surface area contributed by atoms with Gasteiger partial charge in [-0.15, -0.1) is 0 Å². The quantitative estimate of drug-likeness (QED) is 0.798. The first kappa shape index (κ1) is 15.8. The van der Waals surface area contributed by atoms with Gasteiger partial charge in [-0.05, 0) is 17.5 Å². The summed E-state index contributed by atoms with van der Waals surface area (Å²) < 4.78 is 5.26. The van der Waals surface area contributed by atoms with Crippen molar-refractivity contribution < 1.29 is 19.4 Å². The maximum Gasteiger partial charge on any atom is 0.310 e. The number of aliphatic carboxylic acids is 1. The molecule has 114 valence electrons. The minimum Gasteiger partial charge on any atom is -0.481 e. The van der Waals surface area contributed by atoms with Gasteiger partial charge in [0.15, 0.2) is 0 Å². The Morgan fingerprint density at radius 2 is 1.45 bits per heavy atom. The van der Waals surface area contributed by atoms with E-state index in [2.05, 4.69) is 0 Å². The summed E-state index contributed by atoms with van der Waals surface area (Å²) in [5.41, 5.74) is 1.80. The fourth-order valence-corrected chi connectivity index (χ4v) is 2.19. The van der Waals surface area contributed by atoms with Crippen molar-refractivity contribution in [3.63, 3.8) is 0 Å². The zero-order chi connectivity index (χ0) is 15.8. The van der Waals surface area contributed by atoms with Crippen molar-refractivity contribution in [1.82, 2.24) is 0 Å². The highest BCUT2D eigenvalue weighted by molar-refractivity contribution is 5.79. The van der Waals surface area contributed by atoms with E-state index in [9.17, 15) is 9.59 Å². The maximum atomic E-state index is 12.2. The van der Waals surface area contributed by atoms with E-state index in [1.54, 1.807) is 0 Å². The Balaban J connectivity index is 1.98. The van der Waals surface area contributed by atoms with Crippen LogP contribution in [0.3, 0.4) is 0 Å². The highest BCUT2D eigenvalue weighted by atomic mass is 16.5. The van der Waals surface area contributed by atoms with Gasteiger partial charge in [0.2, 0.25) is 0 Å². The maximum absolute atomic E-state index is 12.2. The summed E-state index contributed by atoms with van der Waals surface area (Å²) in [7, 11) is 0. The van der Waals surface area contributed by atoms with Gasteiger partial charge in [-0.1, -0.05) is 60.7 Å². The average molecular weight is 298 g/mol. The number of carboxylic acids is 1. The van der Waals surface area contributed by atoms with Crippen molar-refractivity contribution in [2.75, 3.05) is 0 Å². The van der Waals surface area contributed by atoms with Gasteiger partial charge in [-0.25, -0.2) is 0 Å². The zero-order valence-electron chi connectivity index (χ0n) is 12.1. The van der Waals surface area contributed by atoms with E-state index >= 15 is 0 Å². The molecule has 1 atom stereocenters. The van der Waals surface area contributed by atoms with Crippen molar-refractivity contribution in [1.29, 1.82) is 0 Å². The van der Waals surface area contributed by atoms with Crippen LogP contribution < -0.4 is 0 Å². The molecule has 4 heteroatoms. The first-order valence-corrected chi connectivity index (χ1v) is 7.11. The third kappa shape index (κ3) is 5.05. The number of hydrogen-bond acceptors (Lipinski definition) is 3. The lowest BCUT2D eigenvalue weighted by Gasteiger charge is -2.14. The van der Waals surface area contributed by atoms with E-state index in [1.165, 1.54) is 0 Å². The van der Waals surface area contributed by atoms with Crippen molar-refractivity contribution in [2.24, 2.45) is 5.92 Å². The molecule has 0 fully saturated rings. The van der Waals surface area contributed by atoms with Crippen LogP contribution in [0.5, 0.6) is 0 Å². The van der Waals surface area contributed by atoms with Crippen LogP contribution in [0.15, 0.2) is 60.7 Å². The molecule has 4 nitrogen and oxygen atoms in total. The second-order valence-corrected chi connectivity index (χ2v) is 5.08. The molecule has 0 spiro atoms. The zero-order valence-corrected chi connectivity index (χ0v) is 12.1. The van der Waals surface area contributed by atoms with Gasteiger partial charge in [0.05, 0.1) is 12.3 Å². The second kappa shape index (κ2) is 7.98. The molecule has 0 aliphatic rings. The molecule has 22 heavy (non-hydrogen) atoms. The molecule has 0 unspecified atom stereocenters. The van der Waals surface area contributed by atoms with Gasteiger partial charge in [-0.2, -0.15) is 0 Å². The van der Waals surface area contributed by atoms with Crippen LogP contribution in [0, 0.1) is 5.92 Å². The molecule has 0 aliphatic carbocycles. The predicted molar refractivity (Wildman–Crippen MR) is 82.1 cm³/mol. The molecule has 0 amide bonds. The predicted octanol–water partition coefficient (Wildman–Crippen LogP) is 3.06. The molecule has 0 bridgehead atoms. The fraction of sp³-hybridized carbons (Fsp3) is 0.222. The Hall–Kier alpha value is -2.62. The standard InChI is InChI=1S/C18H18O4/c19-17(20)12-16(11-14-7-3-1-4-8-14)18(21)22-13-15-9-5-2-6-10-15/h1-10,16H,11-13H2,(H,19,20)/t16-/m0/s1. The van der Waals surface area contributed by atoms with Crippen molar-refractivity contribution in [2.45, 2.75) is 19.4 Å². The normalized spacial score (nSPS) is 11.6. The van der Waals surface area contributed by atoms with Crippen LogP contribution in [0.1, 0.15) is 17.5 Å². The number of carboxylic acid groups (broad SMARTS) is 1. The Bertz CT molecular complexity index is 607. The second-order valence-electron chi connectivity index (χ2n) is 5.08. The van der Waals surface area contributed by atoms with Crippen molar-refractivity contribution in [3.8, 4) is 0 Å². The lowest BCUT2D eigenvalue weighted by Crippen LogP contribution is -2.23. The molecule has 0 aromatic heterocycles. The number of hydrogen-bond donors (Lipinski definition) is 1. The van der Waals surface area contributed by atoms with Crippen molar-refractivity contribution in [3.05, 3.63) is 71.8 Å². The molecule has 0 saturated heterocycles. The Labute approximate surface area is 129 Å². The van der Waals surface area contributed by atoms with E-state index in [0.717, 1.165) is 11.1 Å². The smallest absolute Gasteiger partial charge is 0.310 e. The van der Waals surface area contributed by atoms with E-state index in [4.69, 9.17) is 9.84 Å². The van der Waals surface area contributed by atoms with Crippen LogP contribution in [0.4, 0.5) is 0 Å². The topological polar surface area (TPSA) is 63.6 Å². The summed E-state index contributed by atoms with van der Waals surface area (Å²) in [6.07, 6.45) is 0.128. The number of rotatable bonds is 7. The van der Waals surface area contributed by atoms with Crippen LogP contribution >= 0.6 is 0 Å². The molecule has 0 saturated carbocycles. The molecule has 2 aromatic carbocycles. The van der Waals surface area contributed by atoms with E-state index < -0.39 is 17.9 Å². The lowest BCUT2D eigenvalue weighted by molar-refractivity contribution is -0.154. The highest BCUT2D eigenvalue weighted by Gasteiger charge is 2.23. The summed E-state index contributed by atoms with van der Waals surface area (Å²) >= 11 is 0. The van der Waals surface area contributed by atoms with Gasteiger partial charge in [0.1, 0.15) is 6.61 Å². The number of carbonyl (C=O) groups excluding carboxylic acids is 1. The van der Waals surface area contributed by atoms with Crippen LogP contribution in [0.2, 0.25) is 0 Å². The summed E-state index contributed by atoms with van der Waals surface area (Å²) in [6, 6.07) is 18.7. The molecule has 2 aromatic rings. The molecule has 0 heterocycles. The molecule has 0 aliphatic heterocycles. The van der Waals surface area contributed by atoms with Gasteiger partial charge in [0.25, 0.3) is 0 Å². The summed E-state index contributed by atoms with van der Waals surface area (Å²) in [4.78, 5) is 23.1.